The largest absolute Gasteiger partial charge is 0.393 e. The highest BCUT2D eigenvalue weighted by Gasteiger charge is 2.51. The Hall–Kier alpha value is -2.23. The fraction of sp³-hybridized carbons (Fsp3) is 0.522. The van der Waals surface area contributed by atoms with Crippen LogP contribution in [0.1, 0.15) is 30.3 Å². The quantitative estimate of drug-likeness (QED) is 0.138. The molecule has 4 rings (SSSR count). The molecular formula is C23H31ClN5O9P. The van der Waals surface area contributed by atoms with Gasteiger partial charge in [-0.3, -0.25) is 4.57 Å². The van der Waals surface area contributed by atoms with Crippen molar-refractivity contribution in [2.24, 2.45) is 0 Å². The Morgan fingerprint density at radius 3 is 2.54 bits per heavy atom. The summed E-state index contributed by atoms with van der Waals surface area (Å²) in [6.45, 7) is 1.68. The Morgan fingerprint density at radius 2 is 1.92 bits per heavy atom. The second-order valence-corrected chi connectivity index (χ2v) is 11.6. The van der Waals surface area contributed by atoms with Crippen LogP contribution in [-0.4, -0.2) is 95.4 Å². The zero-order chi connectivity index (χ0) is 28.5. The van der Waals surface area contributed by atoms with Gasteiger partial charge in [0.05, 0.1) is 31.4 Å². The molecule has 3 aromatic rings. The number of nitrogens with zero attached hydrogens (tertiary/aromatic N) is 4. The van der Waals surface area contributed by atoms with Crippen molar-refractivity contribution in [3.63, 3.8) is 0 Å². The SMILES string of the molecule is COCC(CO)(OC[C@H]1O[C@@H](n2ncc3c(N[C@@H](C)c4ccc(C)cc4)nc(Cl)nc32)[C@H](O)[C@@H]1O)P(=O)(O)O. The average molecular weight is 588 g/mol. The summed E-state index contributed by atoms with van der Waals surface area (Å²) in [4.78, 5) is 28.0. The number of anilines is 1. The number of methoxy groups -OCH3 is 1. The van der Waals surface area contributed by atoms with Crippen molar-refractivity contribution in [3.05, 3.63) is 46.9 Å². The van der Waals surface area contributed by atoms with Crippen LogP contribution in [0.2, 0.25) is 5.28 Å². The second kappa shape index (κ2) is 11.7. The second-order valence-electron chi connectivity index (χ2n) is 9.38. The van der Waals surface area contributed by atoms with Crippen molar-refractivity contribution in [1.82, 2.24) is 19.7 Å². The lowest BCUT2D eigenvalue weighted by Gasteiger charge is -2.32. The standard InChI is InChI=1S/C23H31ClN5O9P/c1-12-4-6-14(7-5-12)13(2)26-19-15-8-25-29(20(15)28-22(24)27-19)21-18(32)17(31)16(38-21)9-37-23(10-30,11-36-3)39(33,34)35/h4-8,13,16-18,21,30-32H,9-11H2,1-3H3,(H,26,27,28)(H2,33,34,35)/t13-,16+,17+,18+,21+,23?/m0/s1. The molecule has 6 atom stereocenters. The van der Waals surface area contributed by atoms with Gasteiger partial charge in [-0.05, 0) is 31.0 Å². The maximum Gasteiger partial charge on any atom is 0.361 e. The summed E-state index contributed by atoms with van der Waals surface area (Å²) in [5.74, 6) is 0.395. The minimum absolute atomic E-state index is 0.0929. The molecule has 0 radical (unpaired) electrons. The van der Waals surface area contributed by atoms with Crippen LogP contribution >= 0.6 is 19.2 Å². The Labute approximate surface area is 228 Å². The molecule has 0 amide bonds. The molecular weight excluding hydrogens is 557 g/mol. The summed E-state index contributed by atoms with van der Waals surface area (Å²) in [5, 5.41) is 36.6. The first-order chi connectivity index (χ1) is 18.4. The molecule has 6 N–H and O–H groups in total. The van der Waals surface area contributed by atoms with E-state index in [9.17, 15) is 29.7 Å². The van der Waals surface area contributed by atoms with Gasteiger partial charge >= 0.3 is 7.60 Å². The highest BCUT2D eigenvalue weighted by Crippen LogP contribution is 2.51. The Kier molecular flexibility index (Phi) is 8.93. The number of hydrogen-bond donors (Lipinski definition) is 6. The minimum atomic E-state index is -5.01. The molecule has 1 aliphatic rings. The maximum atomic E-state index is 12.0. The first kappa shape index (κ1) is 29.7. The van der Waals surface area contributed by atoms with E-state index in [1.54, 1.807) is 0 Å². The van der Waals surface area contributed by atoms with Gasteiger partial charge in [-0.2, -0.15) is 15.1 Å². The Bertz CT molecular complexity index is 1340. The van der Waals surface area contributed by atoms with Gasteiger partial charge in [-0.25, -0.2) is 4.68 Å². The van der Waals surface area contributed by atoms with E-state index < -0.39 is 57.3 Å². The minimum Gasteiger partial charge on any atom is -0.393 e. The Morgan fingerprint density at radius 1 is 1.23 bits per heavy atom. The monoisotopic (exact) mass is 587 g/mol. The molecule has 0 aliphatic carbocycles. The number of fused-ring (bicyclic) bond motifs is 1. The van der Waals surface area contributed by atoms with Crippen molar-refractivity contribution in [2.45, 2.75) is 49.8 Å². The van der Waals surface area contributed by atoms with Gasteiger partial charge < -0.3 is 44.6 Å². The average Bonchev–Trinajstić information content (AvgIpc) is 3.42. The van der Waals surface area contributed by atoms with Crippen LogP contribution in [0, 0.1) is 6.92 Å². The molecule has 1 aromatic carbocycles. The summed E-state index contributed by atoms with van der Waals surface area (Å²) in [6.07, 6.45) is -4.07. The van der Waals surface area contributed by atoms with Crippen LogP contribution < -0.4 is 5.32 Å². The van der Waals surface area contributed by atoms with Gasteiger partial charge in [-0.1, -0.05) is 29.8 Å². The van der Waals surface area contributed by atoms with E-state index in [0.717, 1.165) is 11.1 Å². The molecule has 3 heterocycles. The first-order valence-corrected chi connectivity index (χ1v) is 13.9. The summed E-state index contributed by atoms with van der Waals surface area (Å²) in [6, 6.07) is 7.84. The molecule has 14 nitrogen and oxygen atoms in total. The van der Waals surface area contributed by atoms with Crippen LogP contribution in [0.4, 0.5) is 5.82 Å². The van der Waals surface area contributed by atoms with E-state index in [1.165, 1.54) is 18.0 Å². The number of aryl methyl sites for hydroxylation is 1. The van der Waals surface area contributed by atoms with Gasteiger partial charge in [0.25, 0.3) is 0 Å². The molecule has 0 saturated carbocycles. The van der Waals surface area contributed by atoms with Crippen molar-refractivity contribution >= 4 is 36.0 Å². The third-order valence-electron chi connectivity index (χ3n) is 6.60. The van der Waals surface area contributed by atoms with Gasteiger partial charge in [0.15, 0.2) is 11.9 Å². The lowest BCUT2D eigenvalue weighted by atomic mass is 10.1. The number of rotatable bonds is 11. The highest BCUT2D eigenvalue weighted by atomic mass is 35.5. The predicted molar refractivity (Wildman–Crippen MR) is 139 cm³/mol. The number of aliphatic hydroxyl groups is 3. The molecule has 0 spiro atoms. The molecule has 214 valence electrons. The summed E-state index contributed by atoms with van der Waals surface area (Å²) >= 11 is 6.21. The van der Waals surface area contributed by atoms with Crippen LogP contribution in [0.5, 0.6) is 0 Å². The van der Waals surface area contributed by atoms with E-state index in [4.69, 9.17) is 25.8 Å². The van der Waals surface area contributed by atoms with Crippen molar-refractivity contribution in [3.8, 4) is 0 Å². The Balaban J connectivity index is 1.57. The molecule has 1 aliphatic heterocycles. The number of nitrogens with one attached hydrogen (secondary N) is 1. The number of hydrogen-bond acceptors (Lipinski definition) is 11. The van der Waals surface area contributed by atoms with Gasteiger partial charge in [0.1, 0.15) is 24.1 Å². The number of halogens is 1. The zero-order valence-electron chi connectivity index (χ0n) is 21.4. The van der Waals surface area contributed by atoms with E-state index in [-0.39, 0.29) is 17.0 Å². The fourth-order valence-electron chi connectivity index (χ4n) is 4.26. The molecule has 39 heavy (non-hydrogen) atoms. The van der Waals surface area contributed by atoms with Crippen LogP contribution in [-0.2, 0) is 18.8 Å². The van der Waals surface area contributed by atoms with Crippen molar-refractivity contribution in [1.29, 1.82) is 0 Å². The third kappa shape index (κ3) is 5.95. The van der Waals surface area contributed by atoms with E-state index in [2.05, 4.69) is 20.4 Å². The molecule has 0 bridgehead atoms. The number of aromatic nitrogens is 4. The van der Waals surface area contributed by atoms with Gasteiger partial charge in [0, 0.05) is 13.2 Å². The highest BCUT2D eigenvalue weighted by molar-refractivity contribution is 7.53. The van der Waals surface area contributed by atoms with Crippen LogP contribution in [0.25, 0.3) is 11.0 Å². The summed E-state index contributed by atoms with van der Waals surface area (Å²) < 4.78 is 29.2. The third-order valence-corrected chi connectivity index (χ3v) is 8.23. The summed E-state index contributed by atoms with van der Waals surface area (Å²) in [7, 11) is -3.83. The van der Waals surface area contributed by atoms with E-state index in [1.807, 2.05) is 38.1 Å². The summed E-state index contributed by atoms with van der Waals surface area (Å²) in [5.41, 5.74) is 2.35. The van der Waals surface area contributed by atoms with Crippen molar-refractivity contribution < 1.29 is 43.9 Å². The lowest BCUT2D eigenvalue weighted by molar-refractivity contribution is -0.125. The normalized spacial score (nSPS) is 24.1. The van der Waals surface area contributed by atoms with Crippen LogP contribution in [0.15, 0.2) is 30.5 Å². The molecule has 1 unspecified atom stereocenters. The number of benzene rings is 1. The van der Waals surface area contributed by atoms with E-state index in [0.29, 0.717) is 11.2 Å². The topological polar surface area (TPSA) is 202 Å². The lowest BCUT2D eigenvalue weighted by Crippen LogP contribution is -2.44. The smallest absolute Gasteiger partial charge is 0.361 e. The van der Waals surface area contributed by atoms with E-state index >= 15 is 0 Å². The van der Waals surface area contributed by atoms with Crippen LogP contribution in [0.3, 0.4) is 0 Å². The fourth-order valence-corrected chi connectivity index (χ4v) is 5.15. The molecule has 16 heteroatoms. The van der Waals surface area contributed by atoms with Gasteiger partial charge in [-0.15, -0.1) is 0 Å². The molecule has 1 saturated heterocycles. The maximum absolute atomic E-state index is 12.0. The predicted octanol–water partition coefficient (Wildman–Crippen LogP) is 1.11. The number of aliphatic hydroxyl groups excluding tert-OH is 3. The number of ether oxygens (including phenoxy) is 3. The molecule has 1 fully saturated rings. The molecule has 2 aromatic heterocycles. The zero-order valence-corrected chi connectivity index (χ0v) is 23.0. The first-order valence-electron chi connectivity index (χ1n) is 12.0. The van der Waals surface area contributed by atoms with Gasteiger partial charge in [0.2, 0.25) is 10.6 Å². The van der Waals surface area contributed by atoms with Crippen molar-refractivity contribution in [2.75, 3.05) is 32.2 Å².